The Hall–Kier alpha value is -1.44. The second-order valence-electron chi connectivity index (χ2n) is 6.71. The summed E-state index contributed by atoms with van der Waals surface area (Å²) in [6.07, 6.45) is 7.10. The van der Waals surface area contributed by atoms with Crippen LogP contribution in [0.1, 0.15) is 46.0 Å². The van der Waals surface area contributed by atoms with Gasteiger partial charge in [0, 0.05) is 25.2 Å². The highest BCUT2D eigenvalue weighted by atomic mass is 32.2. The van der Waals surface area contributed by atoms with E-state index < -0.39 is 9.84 Å². The molecule has 1 aromatic heterocycles. The maximum atomic E-state index is 11.8. The monoisotopic (exact) mass is 353 g/mol. The average molecular weight is 353 g/mol. The van der Waals surface area contributed by atoms with Crippen molar-refractivity contribution in [3.63, 3.8) is 0 Å². The summed E-state index contributed by atoms with van der Waals surface area (Å²) in [5, 5.41) is 8.35. The molecule has 0 aromatic carbocycles. The maximum absolute atomic E-state index is 11.8. The largest absolute Gasteiger partial charge is 0.352 e. The fraction of sp³-hybridized carbons (Fsp3) is 0.812. The highest BCUT2D eigenvalue weighted by Crippen LogP contribution is 2.27. The summed E-state index contributed by atoms with van der Waals surface area (Å²) in [6, 6.07) is 0.464. The van der Waals surface area contributed by atoms with Crippen LogP contribution in [0, 0.1) is 0 Å². The van der Waals surface area contributed by atoms with E-state index >= 15 is 0 Å². The lowest BCUT2D eigenvalue weighted by molar-refractivity contribution is 0.445. The van der Waals surface area contributed by atoms with Crippen LogP contribution < -0.4 is 9.80 Å². The van der Waals surface area contributed by atoms with Crippen LogP contribution in [0.5, 0.6) is 0 Å². The van der Waals surface area contributed by atoms with Crippen LogP contribution in [-0.2, 0) is 9.84 Å². The van der Waals surface area contributed by atoms with Crippen molar-refractivity contribution in [3.05, 3.63) is 6.20 Å². The number of piperidine rings is 1. The van der Waals surface area contributed by atoms with Gasteiger partial charge < -0.3 is 9.80 Å². The van der Waals surface area contributed by atoms with Crippen LogP contribution in [0.2, 0.25) is 0 Å². The minimum absolute atomic E-state index is 0.0413. The Balaban J connectivity index is 1.83. The van der Waals surface area contributed by atoms with E-state index in [1.807, 2.05) is 11.8 Å². The van der Waals surface area contributed by atoms with Gasteiger partial charge in [0.25, 0.3) is 0 Å². The van der Waals surface area contributed by atoms with Crippen LogP contribution in [-0.4, -0.2) is 60.3 Å². The first-order chi connectivity index (χ1) is 11.5. The summed E-state index contributed by atoms with van der Waals surface area (Å²) in [5.41, 5.74) is 0. The van der Waals surface area contributed by atoms with Gasteiger partial charge in [0.05, 0.1) is 17.7 Å². The van der Waals surface area contributed by atoms with E-state index in [-0.39, 0.29) is 17.5 Å². The Kier molecular flexibility index (Phi) is 5.22. The molecule has 3 heterocycles. The molecule has 0 bridgehead atoms. The van der Waals surface area contributed by atoms with E-state index in [4.69, 9.17) is 4.98 Å². The van der Waals surface area contributed by atoms with E-state index in [1.165, 1.54) is 19.3 Å². The Labute approximate surface area is 144 Å². The molecule has 2 aliphatic heterocycles. The van der Waals surface area contributed by atoms with E-state index in [0.717, 1.165) is 18.8 Å². The summed E-state index contributed by atoms with van der Waals surface area (Å²) >= 11 is 0. The molecule has 3 rings (SSSR count). The minimum Gasteiger partial charge on any atom is -0.352 e. The van der Waals surface area contributed by atoms with Crippen LogP contribution in [0.4, 0.5) is 11.8 Å². The lowest BCUT2D eigenvalue weighted by atomic mass is 10.0. The molecule has 134 valence electrons. The number of hydrogen-bond acceptors (Lipinski definition) is 7. The van der Waals surface area contributed by atoms with Crippen LogP contribution in [0.25, 0.3) is 0 Å². The highest BCUT2D eigenvalue weighted by molar-refractivity contribution is 7.91. The molecule has 2 aliphatic rings. The van der Waals surface area contributed by atoms with Crippen LogP contribution in [0.3, 0.4) is 0 Å². The zero-order valence-corrected chi connectivity index (χ0v) is 15.4. The fourth-order valence-electron chi connectivity index (χ4n) is 3.86. The van der Waals surface area contributed by atoms with Crippen molar-refractivity contribution >= 4 is 21.6 Å². The summed E-state index contributed by atoms with van der Waals surface area (Å²) in [5.74, 6) is 1.87. The number of nitrogens with zero attached hydrogens (tertiary/aromatic N) is 5. The number of hydrogen-bond donors (Lipinski definition) is 0. The smallest absolute Gasteiger partial charge is 0.247 e. The Morgan fingerprint density at radius 3 is 2.79 bits per heavy atom. The Morgan fingerprint density at radius 2 is 2.12 bits per heavy atom. The molecule has 2 fully saturated rings. The van der Waals surface area contributed by atoms with Crippen LogP contribution >= 0.6 is 0 Å². The van der Waals surface area contributed by atoms with Gasteiger partial charge in [0.1, 0.15) is 0 Å². The van der Waals surface area contributed by atoms with Gasteiger partial charge in [0.2, 0.25) is 5.95 Å². The molecule has 0 saturated carbocycles. The van der Waals surface area contributed by atoms with E-state index in [9.17, 15) is 8.42 Å². The van der Waals surface area contributed by atoms with Crippen LogP contribution in [0.15, 0.2) is 6.20 Å². The van der Waals surface area contributed by atoms with Gasteiger partial charge in [-0.1, -0.05) is 6.92 Å². The summed E-state index contributed by atoms with van der Waals surface area (Å²) in [6.45, 7) is 5.90. The number of aromatic nitrogens is 3. The molecule has 2 atom stereocenters. The topological polar surface area (TPSA) is 79.3 Å². The fourth-order valence-corrected chi connectivity index (χ4v) is 5.59. The van der Waals surface area contributed by atoms with Gasteiger partial charge in [-0.25, -0.2) is 8.42 Å². The van der Waals surface area contributed by atoms with E-state index in [2.05, 4.69) is 22.0 Å². The molecule has 8 heteroatoms. The van der Waals surface area contributed by atoms with Crippen molar-refractivity contribution in [2.45, 2.75) is 58.0 Å². The zero-order chi connectivity index (χ0) is 17.2. The third-order valence-corrected chi connectivity index (χ3v) is 6.92. The lowest BCUT2D eigenvalue weighted by Gasteiger charge is -2.36. The molecular weight excluding hydrogens is 326 g/mol. The predicted octanol–water partition coefficient (Wildman–Crippen LogP) is 1.65. The molecule has 0 spiro atoms. The highest BCUT2D eigenvalue weighted by Gasteiger charge is 2.33. The number of anilines is 2. The molecule has 2 unspecified atom stereocenters. The third-order valence-electron chi connectivity index (χ3n) is 5.17. The van der Waals surface area contributed by atoms with Gasteiger partial charge in [0.15, 0.2) is 15.7 Å². The van der Waals surface area contributed by atoms with E-state index in [1.54, 1.807) is 6.20 Å². The summed E-state index contributed by atoms with van der Waals surface area (Å²) in [4.78, 5) is 9.07. The van der Waals surface area contributed by atoms with Gasteiger partial charge in [-0.05, 0) is 39.0 Å². The standard InChI is InChI=1S/C16H27N5O2S/c1-3-13-7-5-6-9-21(13)15-11-17-19-16(18-15)20(4-2)14-8-10-24(22,23)12-14/h11,13-14H,3-10,12H2,1-2H3. The maximum Gasteiger partial charge on any atom is 0.247 e. The van der Waals surface area contributed by atoms with Gasteiger partial charge in [-0.3, -0.25) is 0 Å². The van der Waals surface area contributed by atoms with Crippen molar-refractivity contribution < 1.29 is 8.42 Å². The molecule has 0 aliphatic carbocycles. The number of sulfone groups is 1. The molecule has 0 amide bonds. The van der Waals surface area contributed by atoms with Crippen molar-refractivity contribution in [1.82, 2.24) is 15.2 Å². The van der Waals surface area contributed by atoms with Crippen molar-refractivity contribution in [2.75, 3.05) is 34.4 Å². The SMILES string of the molecule is CCC1CCCCN1c1cnnc(N(CC)C2CCS(=O)(=O)C2)n1. The molecule has 24 heavy (non-hydrogen) atoms. The second-order valence-corrected chi connectivity index (χ2v) is 8.94. The first-order valence-electron chi connectivity index (χ1n) is 8.97. The van der Waals surface area contributed by atoms with Gasteiger partial charge in [-0.15, -0.1) is 5.10 Å². The van der Waals surface area contributed by atoms with E-state index in [0.29, 0.717) is 25.0 Å². The van der Waals surface area contributed by atoms with Crippen molar-refractivity contribution in [1.29, 1.82) is 0 Å². The molecule has 0 radical (unpaired) electrons. The average Bonchev–Trinajstić information content (AvgIpc) is 2.95. The minimum atomic E-state index is -2.93. The van der Waals surface area contributed by atoms with Gasteiger partial charge in [-0.2, -0.15) is 10.1 Å². The Bertz CT molecular complexity index is 666. The first kappa shape index (κ1) is 17.4. The quantitative estimate of drug-likeness (QED) is 0.796. The first-order valence-corrected chi connectivity index (χ1v) is 10.8. The third kappa shape index (κ3) is 3.63. The predicted molar refractivity (Wildman–Crippen MR) is 95.2 cm³/mol. The lowest BCUT2D eigenvalue weighted by Crippen LogP contribution is -2.41. The molecular formula is C16H27N5O2S. The van der Waals surface area contributed by atoms with Crippen molar-refractivity contribution in [3.8, 4) is 0 Å². The van der Waals surface area contributed by atoms with Gasteiger partial charge >= 0.3 is 0 Å². The molecule has 0 N–H and O–H groups in total. The zero-order valence-electron chi connectivity index (χ0n) is 14.6. The summed E-state index contributed by atoms with van der Waals surface area (Å²) < 4.78 is 23.6. The summed E-state index contributed by atoms with van der Waals surface area (Å²) in [7, 11) is -2.93. The molecule has 7 nitrogen and oxygen atoms in total. The van der Waals surface area contributed by atoms with Crippen molar-refractivity contribution in [2.24, 2.45) is 0 Å². The second kappa shape index (κ2) is 7.21. The molecule has 1 aromatic rings. The Morgan fingerprint density at radius 1 is 1.29 bits per heavy atom. The normalized spacial score (nSPS) is 26.5. The number of rotatable bonds is 5. The molecule has 2 saturated heterocycles.